The topological polar surface area (TPSA) is 47.6 Å². The number of halogens is 1. The lowest BCUT2D eigenvalue weighted by Crippen LogP contribution is -2.17. The molecule has 0 unspecified atom stereocenters. The first-order valence-electron chi connectivity index (χ1n) is 4.97. The van der Waals surface area contributed by atoms with Crippen molar-refractivity contribution in [1.82, 2.24) is 5.32 Å². The summed E-state index contributed by atoms with van der Waals surface area (Å²) < 4.78 is 11.9. The molecule has 0 atom stereocenters. The Morgan fingerprint density at radius 1 is 1.44 bits per heavy atom. The maximum Gasteiger partial charge on any atom is 0.263 e. The van der Waals surface area contributed by atoms with Gasteiger partial charge in [0.1, 0.15) is 4.32 Å². The van der Waals surface area contributed by atoms with Gasteiger partial charge in [-0.1, -0.05) is 24.0 Å². The van der Waals surface area contributed by atoms with E-state index < -0.39 is 0 Å². The molecule has 1 saturated heterocycles. The van der Waals surface area contributed by atoms with E-state index in [1.807, 2.05) is 12.1 Å². The molecule has 2 heterocycles. The second kappa shape index (κ2) is 4.56. The summed E-state index contributed by atoms with van der Waals surface area (Å²) in [4.78, 5) is 12.1. The van der Waals surface area contributed by atoms with Gasteiger partial charge in [0, 0.05) is 0 Å². The molecule has 0 radical (unpaired) electrons. The van der Waals surface area contributed by atoms with Crippen LogP contribution in [0.5, 0.6) is 11.5 Å². The number of hydrogen-bond donors (Lipinski definition) is 1. The monoisotopic (exact) mass is 343 g/mol. The number of fused-ring (bicyclic) bond motifs is 1. The predicted octanol–water partition coefficient (Wildman–Crippen LogP) is 2.67. The third-order valence-electron chi connectivity index (χ3n) is 2.39. The Hall–Kier alpha value is -1.05. The van der Waals surface area contributed by atoms with Crippen molar-refractivity contribution < 1.29 is 14.3 Å². The molecule has 0 bridgehead atoms. The highest BCUT2D eigenvalue weighted by atomic mass is 79.9. The molecule has 0 spiro atoms. The van der Waals surface area contributed by atoms with Gasteiger partial charge in [-0.3, -0.25) is 4.79 Å². The number of thioether (sulfide) groups is 1. The molecule has 0 aromatic heterocycles. The maximum absolute atomic E-state index is 11.6. The van der Waals surface area contributed by atoms with Gasteiger partial charge >= 0.3 is 0 Å². The molecule has 3 rings (SSSR count). The largest absolute Gasteiger partial charge is 0.454 e. The van der Waals surface area contributed by atoms with Gasteiger partial charge in [-0.05, 0) is 39.7 Å². The van der Waals surface area contributed by atoms with E-state index in [9.17, 15) is 4.79 Å². The van der Waals surface area contributed by atoms with Crippen molar-refractivity contribution >= 4 is 56.2 Å². The zero-order chi connectivity index (χ0) is 12.7. The fraction of sp³-hybridized carbons (Fsp3) is 0.0909. The fourth-order valence-corrected chi connectivity index (χ4v) is 3.26. The number of hydrogen-bond acceptors (Lipinski definition) is 5. The van der Waals surface area contributed by atoms with Crippen LogP contribution in [-0.2, 0) is 4.79 Å². The highest BCUT2D eigenvalue weighted by Gasteiger charge is 2.23. The number of ether oxygens (including phenoxy) is 2. The number of carbonyl (C=O) groups is 1. The van der Waals surface area contributed by atoms with E-state index in [-0.39, 0.29) is 12.7 Å². The van der Waals surface area contributed by atoms with Crippen molar-refractivity contribution in [3.05, 3.63) is 27.1 Å². The first-order valence-corrected chi connectivity index (χ1v) is 6.99. The summed E-state index contributed by atoms with van der Waals surface area (Å²) in [5.74, 6) is 1.19. The number of nitrogens with one attached hydrogen (secondary N) is 1. The molecule has 7 heteroatoms. The van der Waals surface area contributed by atoms with Crippen molar-refractivity contribution in [2.45, 2.75) is 0 Å². The van der Waals surface area contributed by atoms with Crippen molar-refractivity contribution in [2.75, 3.05) is 6.79 Å². The second-order valence-corrected chi connectivity index (χ2v) is 6.16. The summed E-state index contributed by atoms with van der Waals surface area (Å²) in [7, 11) is 0. The lowest BCUT2D eigenvalue weighted by atomic mass is 10.2. The SMILES string of the molecule is O=C1NC(=S)S/C1=C/c1cc(Br)c2c(c1)OCO2. The second-order valence-electron chi connectivity index (χ2n) is 3.59. The maximum atomic E-state index is 11.6. The number of rotatable bonds is 1. The Morgan fingerprint density at radius 2 is 2.28 bits per heavy atom. The van der Waals surface area contributed by atoms with E-state index in [1.165, 1.54) is 11.8 Å². The molecule has 4 nitrogen and oxygen atoms in total. The smallest absolute Gasteiger partial charge is 0.263 e. The molecule has 0 saturated carbocycles. The molecule has 92 valence electrons. The molecule has 1 aromatic rings. The van der Waals surface area contributed by atoms with Gasteiger partial charge in [0.05, 0.1) is 9.38 Å². The van der Waals surface area contributed by atoms with E-state index in [0.717, 1.165) is 10.0 Å². The average molecular weight is 344 g/mol. The molecule has 1 fully saturated rings. The molecule has 1 amide bonds. The standard InChI is InChI=1S/C11H6BrNO3S2/c12-6-1-5(2-7-9(6)16-4-15-7)3-8-10(14)13-11(17)18-8/h1-3H,4H2,(H,13,14,17)/b8-3+. The Balaban J connectivity index is 1.99. The minimum absolute atomic E-state index is 0.168. The van der Waals surface area contributed by atoms with Crippen LogP contribution in [0.15, 0.2) is 21.5 Å². The van der Waals surface area contributed by atoms with Crippen molar-refractivity contribution in [2.24, 2.45) is 0 Å². The molecule has 1 aromatic carbocycles. The van der Waals surface area contributed by atoms with Crippen LogP contribution in [0.2, 0.25) is 0 Å². The van der Waals surface area contributed by atoms with Crippen LogP contribution in [0.3, 0.4) is 0 Å². The Kier molecular flexibility index (Phi) is 3.04. The number of benzene rings is 1. The summed E-state index contributed by atoms with van der Waals surface area (Å²) in [6.07, 6.45) is 1.77. The molecule has 0 aliphatic carbocycles. The van der Waals surface area contributed by atoms with Crippen molar-refractivity contribution in [1.29, 1.82) is 0 Å². The highest BCUT2D eigenvalue weighted by molar-refractivity contribution is 9.10. The molecular weight excluding hydrogens is 338 g/mol. The van der Waals surface area contributed by atoms with E-state index >= 15 is 0 Å². The predicted molar refractivity (Wildman–Crippen MR) is 76.6 cm³/mol. The molecular formula is C11H6BrNO3S2. The third-order valence-corrected chi connectivity index (χ3v) is 4.14. The van der Waals surface area contributed by atoms with Crippen molar-refractivity contribution in [3.8, 4) is 11.5 Å². The lowest BCUT2D eigenvalue weighted by Gasteiger charge is -2.01. The van der Waals surface area contributed by atoms with Crippen LogP contribution in [-0.4, -0.2) is 17.0 Å². The summed E-state index contributed by atoms with van der Waals surface area (Å²) >= 11 is 9.59. The minimum Gasteiger partial charge on any atom is -0.454 e. The first-order chi connectivity index (χ1) is 8.63. The zero-order valence-corrected chi connectivity index (χ0v) is 12.1. The Bertz CT molecular complexity index is 600. The van der Waals surface area contributed by atoms with Crippen LogP contribution in [0.1, 0.15) is 5.56 Å². The van der Waals surface area contributed by atoms with E-state index in [2.05, 4.69) is 21.2 Å². The van der Waals surface area contributed by atoms with Crippen molar-refractivity contribution in [3.63, 3.8) is 0 Å². The van der Waals surface area contributed by atoms with E-state index in [4.69, 9.17) is 21.7 Å². The van der Waals surface area contributed by atoms with Gasteiger partial charge in [0.2, 0.25) is 6.79 Å². The molecule has 2 aliphatic rings. The molecule has 1 N–H and O–H groups in total. The Morgan fingerprint density at radius 3 is 3.00 bits per heavy atom. The van der Waals surface area contributed by atoms with Gasteiger partial charge in [-0.2, -0.15) is 0 Å². The normalized spacial score (nSPS) is 19.5. The molecule has 2 aliphatic heterocycles. The summed E-state index contributed by atoms with van der Waals surface area (Å²) in [5, 5.41) is 2.57. The fourth-order valence-electron chi connectivity index (χ4n) is 1.64. The van der Waals surface area contributed by atoms with E-state index in [0.29, 0.717) is 20.7 Å². The molecule has 18 heavy (non-hydrogen) atoms. The van der Waals surface area contributed by atoms with E-state index in [1.54, 1.807) is 6.08 Å². The van der Waals surface area contributed by atoms with Crippen LogP contribution in [0.4, 0.5) is 0 Å². The van der Waals surface area contributed by atoms with Crippen LogP contribution < -0.4 is 14.8 Å². The van der Waals surface area contributed by atoms with Crippen LogP contribution >= 0.6 is 39.9 Å². The van der Waals surface area contributed by atoms with Gasteiger partial charge in [0.25, 0.3) is 5.91 Å². The third kappa shape index (κ3) is 2.13. The van der Waals surface area contributed by atoms with Gasteiger partial charge in [0.15, 0.2) is 11.5 Å². The zero-order valence-electron chi connectivity index (χ0n) is 8.86. The number of thiocarbonyl (C=S) groups is 1. The Labute approximate surface area is 121 Å². The summed E-state index contributed by atoms with van der Waals surface area (Å²) in [6.45, 7) is 0.216. The summed E-state index contributed by atoms with van der Waals surface area (Å²) in [6, 6.07) is 3.70. The number of amides is 1. The first kappa shape index (κ1) is 12.0. The van der Waals surface area contributed by atoms with Gasteiger partial charge in [-0.15, -0.1) is 0 Å². The van der Waals surface area contributed by atoms with Gasteiger partial charge in [-0.25, -0.2) is 0 Å². The van der Waals surface area contributed by atoms with Crippen LogP contribution in [0, 0.1) is 0 Å². The lowest BCUT2D eigenvalue weighted by molar-refractivity contribution is -0.115. The highest BCUT2D eigenvalue weighted by Crippen LogP contribution is 2.41. The average Bonchev–Trinajstić information content (AvgIpc) is 2.86. The quantitative estimate of drug-likeness (QED) is 0.627. The summed E-state index contributed by atoms with van der Waals surface area (Å²) in [5.41, 5.74) is 0.855. The minimum atomic E-state index is -0.168. The number of carbonyl (C=O) groups excluding carboxylic acids is 1. The van der Waals surface area contributed by atoms with Gasteiger partial charge < -0.3 is 14.8 Å². The van der Waals surface area contributed by atoms with Crippen LogP contribution in [0.25, 0.3) is 6.08 Å².